The number of carbonyl (C=O) groups excluding carboxylic acids is 1. The monoisotopic (exact) mass is 240 g/mol. The number of urea groups is 1. The van der Waals surface area contributed by atoms with Gasteiger partial charge in [0.2, 0.25) is 0 Å². The van der Waals surface area contributed by atoms with Crippen LogP contribution in [0.15, 0.2) is 18.2 Å². The van der Waals surface area contributed by atoms with Gasteiger partial charge in [-0.1, -0.05) is 31.0 Å². The van der Waals surface area contributed by atoms with Gasteiger partial charge in [-0.15, -0.1) is 0 Å². The van der Waals surface area contributed by atoms with Crippen LogP contribution in [0.5, 0.6) is 0 Å². The van der Waals surface area contributed by atoms with Gasteiger partial charge in [0.15, 0.2) is 0 Å². The van der Waals surface area contributed by atoms with Crippen molar-refractivity contribution in [1.29, 1.82) is 0 Å². The van der Waals surface area contributed by atoms with Crippen molar-refractivity contribution < 1.29 is 4.79 Å². The molecule has 0 radical (unpaired) electrons. The van der Waals surface area contributed by atoms with Crippen molar-refractivity contribution in [3.05, 3.63) is 28.8 Å². The van der Waals surface area contributed by atoms with E-state index in [0.29, 0.717) is 17.3 Å². The first kappa shape index (κ1) is 12.8. The third-order valence-electron chi connectivity index (χ3n) is 2.19. The van der Waals surface area contributed by atoms with Crippen molar-refractivity contribution in [3.63, 3.8) is 0 Å². The summed E-state index contributed by atoms with van der Waals surface area (Å²) in [4.78, 5) is 11.4. The summed E-state index contributed by atoms with van der Waals surface area (Å²) in [5.74, 6) is 0. The fourth-order valence-corrected chi connectivity index (χ4v) is 1.55. The van der Waals surface area contributed by atoms with E-state index in [9.17, 15) is 4.79 Å². The molecule has 0 bridgehead atoms. The first-order chi connectivity index (χ1) is 7.63. The van der Waals surface area contributed by atoms with Crippen LogP contribution in [0.1, 0.15) is 25.3 Å². The molecule has 0 atom stereocenters. The van der Waals surface area contributed by atoms with Crippen molar-refractivity contribution in [1.82, 2.24) is 5.32 Å². The average Bonchev–Trinajstić information content (AvgIpc) is 2.23. The lowest BCUT2D eigenvalue weighted by Crippen LogP contribution is -2.29. The van der Waals surface area contributed by atoms with E-state index >= 15 is 0 Å². The maximum absolute atomic E-state index is 11.4. The van der Waals surface area contributed by atoms with E-state index in [2.05, 4.69) is 17.6 Å². The average molecular weight is 241 g/mol. The summed E-state index contributed by atoms with van der Waals surface area (Å²) in [5.41, 5.74) is 1.71. The number of amides is 2. The van der Waals surface area contributed by atoms with Crippen molar-refractivity contribution >= 4 is 23.3 Å². The second kappa shape index (κ2) is 6.38. The SMILES string of the molecule is CCCCNC(=O)Nc1ccc(C)cc1Cl. The van der Waals surface area contributed by atoms with Crippen molar-refractivity contribution in [2.45, 2.75) is 26.7 Å². The Morgan fingerprint density at radius 3 is 2.81 bits per heavy atom. The number of hydrogen-bond acceptors (Lipinski definition) is 1. The summed E-state index contributed by atoms with van der Waals surface area (Å²) < 4.78 is 0. The van der Waals surface area contributed by atoms with Crippen LogP contribution in [0.3, 0.4) is 0 Å². The van der Waals surface area contributed by atoms with Crippen LogP contribution in [0.25, 0.3) is 0 Å². The molecule has 2 N–H and O–H groups in total. The molecule has 0 saturated heterocycles. The molecular formula is C12H17ClN2O. The molecular weight excluding hydrogens is 224 g/mol. The van der Waals surface area contributed by atoms with E-state index in [4.69, 9.17) is 11.6 Å². The first-order valence-electron chi connectivity index (χ1n) is 5.44. The van der Waals surface area contributed by atoms with Crippen molar-refractivity contribution in [2.24, 2.45) is 0 Å². The number of unbranched alkanes of at least 4 members (excludes halogenated alkanes) is 1. The predicted octanol–water partition coefficient (Wildman–Crippen LogP) is 3.57. The van der Waals surface area contributed by atoms with Crippen LogP contribution in [-0.4, -0.2) is 12.6 Å². The summed E-state index contributed by atoms with van der Waals surface area (Å²) >= 11 is 5.99. The molecule has 1 aromatic rings. The molecule has 1 rings (SSSR count). The molecule has 0 heterocycles. The molecule has 0 fully saturated rings. The lowest BCUT2D eigenvalue weighted by Gasteiger charge is -2.09. The van der Waals surface area contributed by atoms with Crippen molar-refractivity contribution in [3.8, 4) is 0 Å². The molecule has 3 nitrogen and oxygen atoms in total. The third kappa shape index (κ3) is 4.11. The van der Waals surface area contributed by atoms with Crippen LogP contribution in [0.4, 0.5) is 10.5 Å². The molecule has 88 valence electrons. The van der Waals surface area contributed by atoms with E-state index in [1.54, 1.807) is 6.07 Å². The Hall–Kier alpha value is -1.22. The van der Waals surface area contributed by atoms with Crippen molar-refractivity contribution in [2.75, 3.05) is 11.9 Å². The summed E-state index contributed by atoms with van der Waals surface area (Å²) in [7, 11) is 0. The normalized spacial score (nSPS) is 9.94. The largest absolute Gasteiger partial charge is 0.338 e. The molecule has 0 aromatic heterocycles. The third-order valence-corrected chi connectivity index (χ3v) is 2.50. The molecule has 2 amide bonds. The Labute approximate surface area is 101 Å². The zero-order chi connectivity index (χ0) is 12.0. The number of halogens is 1. The quantitative estimate of drug-likeness (QED) is 0.777. The highest BCUT2D eigenvalue weighted by molar-refractivity contribution is 6.33. The van der Waals surface area contributed by atoms with E-state index in [1.165, 1.54) is 0 Å². The number of hydrogen-bond donors (Lipinski definition) is 2. The van der Waals surface area contributed by atoms with Gasteiger partial charge >= 0.3 is 6.03 Å². The summed E-state index contributed by atoms with van der Waals surface area (Å²) in [6.45, 7) is 4.72. The van der Waals surface area contributed by atoms with E-state index < -0.39 is 0 Å². The predicted molar refractivity (Wildman–Crippen MR) is 68.1 cm³/mol. The minimum atomic E-state index is -0.209. The smallest absolute Gasteiger partial charge is 0.319 e. The Kier molecular flexibility index (Phi) is 5.12. The summed E-state index contributed by atoms with van der Waals surface area (Å²) in [5, 5.41) is 6.04. The molecule has 4 heteroatoms. The van der Waals surface area contributed by atoms with Gasteiger partial charge in [-0.2, -0.15) is 0 Å². The molecule has 0 aliphatic rings. The molecule has 0 saturated carbocycles. The minimum Gasteiger partial charge on any atom is -0.338 e. The minimum absolute atomic E-state index is 0.209. The second-order valence-corrected chi connectivity index (χ2v) is 4.12. The number of aryl methyl sites for hydroxylation is 1. The second-order valence-electron chi connectivity index (χ2n) is 3.72. The van der Waals surface area contributed by atoms with Gasteiger partial charge in [-0.3, -0.25) is 0 Å². The van der Waals surface area contributed by atoms with Gasteiger partial charge in [0.05, 0.1) is 10.7 Å². The van der Waals surface area contributed by atoms with Crippen LogP contribution in [-0.2, 0) is 0 Å². The first-order valence-corrected chi connectivity index (χ1v) is 5.82. The molecule has 16 heavy (non-hydrogen) atoms. The number of carbonyl (C=O) groups is 1. The highest BCUT2D eigenvalue weighted by Gasteiger charge is 2.04. The van der Waals surface area contributed by atoms with Gasteiger partial charge in [-0.25, -0.2) is 4.79 Å². The van der Waals surface area contributed by atoms with Gasteiger partial charge < -0.3 is 10.6 Å². The van der Waals surface area contributed by atoms with Gasteiger partial charge in [0.25, 0.3) is 0 Å². The number of anilines is 1. The van der Waals surface area contributed by atoms with Crippen LogP contribution < -0.4 is 10.6 Å². The maximum atomic E-state index is 11.4. The Balaban J connectivity index is 2.49. The molecule has 0 aliphatic carbocycles. The van der Waals surface area contributed by atoms with Gasteiger partial charge in [-0.05, 0) is 31.0 Å². The van der Waals surface area contributed by atoms with Gasteiger partial charge in [0.1, 0.15) is 0 Å². The van der Waals surface area contributed by atoms with E-state index in [1.807, 2.05) is 19.1 Å². The molecule has 0 aliphatic heterocycles. The zero-order valence-corrected chi connectivity index (χ0v) is 10.4. The van der Waals surface area contributed by atoms with Crippen LogP contribution in [0.2, 0.25) is 5.02 Å². The number of benzene rings is 1. The topological polar surface area (TPSA) is 41.1 Å². The lowest BCUT2D eigenvalue weighted by atomic mass is 10.2. The Morgan fingerprint density at radius 2 is 2.19 bits per heavy atom. The number of nitrogens with one attached hydrogen (secondary N) is 2. The molecule has 0 spiro atoms. The van der Waals surface area contributed by atoms with Crippen LogP contribution in [0, 0.1) is 6.92 Å². The zero-order valence-electron chi connectivity index (χ0n) is 9.64. The Morgan fingerprint density at radius 1 is 1.44 bits per heavy atom. The lowest BCUT2D eigenvalue weighted by molar-refractivity contribution is 0.252. The fourth-order valence-electron chi connectivity index (χ4n) is 1.27. The standard InChI is InChI=1S/C12H17ClN2O/c1-3-4-7-14-12(16)15-11-6-5-9(2)8-10(11)13/h5-6,8H,3-4,7H2,1-2H3,(H2,14,15,16). The molecule has 1 aromatic carbocycles. The highest BCUT2D eigenvalue weighted by atomic mass is 35.5. The summed E-state index contributed by atoms with van der Waals surface area (Å²) in [6.07, 6.45) is 2.04. The highest BCUT2D eigenvalue weighted by Crippen LogP contribution is 2.22. The molecule has 0 unspecified atom stereocenters. The summed E-state index contributed by atoms with van der Waals surface area (Å²) in [6, 6.07) is 5.33. The van der Waals surface area contributed by atoms with Gasteiger partial charge in [0, 0.05) is 6.54 Å². The van der Waals surface area contributed by atoms with E-state index in [-0.39, 0.29) is 6.03 Å². The van der Waals surface area contributed by atoms with Crippen LogP contribution >= 0.6 is 11.6 Å². The Bertz CT molecular complexity index is 366. The fraction of sp³-hybridized carbons (Fsp3) is 0.417. The maximum Gasteiger partial charge on any atom is 0.319 e. The number of rotatable bonds is 4. The van der Waals surface area contributed by atoms with E-state index in [0.717, 1.165) is 18.4 Å².